The lowest BCUT2D eigenvalue weighted by Gasteiger charge is -2.20. The van der Waals surface area contributed by atoms with E-state index >= 15 is 0 Å². The largest absolute Gasteiger partial charge is 0.469 e. The molecule has 0 amide bonds. The number of Topliss-reactive ketones (excluding diaryl/α,β-unsaturated/α-hetero) is 1. The van der Waals surface area contributed by atoms with Crippen molar-refractivity contribution in [2.75, 3.05) is 13.2 Å². The smallest absolute Gasteiger partial charge is 0.462 e. The van der Waals surface area contributed by atoms with Crippen LogP contribution >= 0.6 is 7.82 Å². The van der Waals surface area contributed by atoms with Gasteiger partial charge in [-0.1, -0.05) is 129 Å². The number of ketones is 1. The second-order valence-corrected chi connectivity index (χ2v) is 16.2. The third kappa shape index (κ3) is 26.7. The Hall–Kier alpha value is -1.66. The van der Waals surface area contributed by atoms with Gasteiger partial charge in [-0.25, -0.2) is 4.57 Å². The first kappa shape index (κ1) is 49.4. The zero-order valence-electron chi connectivity index (χ0n) is 32.8. The van der Waals surface area contributed by atoms with Gasteiger partial charge in [0.15, 0.2) is 6.10 Å². The van der Waals surface area contributed by atoms with Gasteiger partial charge in [0.05, 0.1) is 24.9 Å². The van der Waals surface area contributed by atoms with Crippen molar-refractivity contribution in [1.82, 2.24) is 0 Å². The van der Waals surface area contributed by atoms with Crippen molar-refractivity contribution in [2.24, 2.45) is 11.8 Å². The number of hydrogen-bond acceptors (Lipinski definition) is 10. The molecule has 1 saturated carbocycles. The SMILES string of the molecule is CCCCCCCCCCCCCCCCC(=O)O[C@H](COC(=O)CCCCC(=O)C[C@@H]1[C@@H](/C=C/[C@@H](O)CCCCC)[C@H](O)C[C@@H]1O)COP(=O)(O)O. The fourth-order valence-electron chi connectivity index (χ4n) is 6.84. The molecule has 13 heteroatoms. The monoisotopic (exact) mass is 776 g/mol. The second kappa shape index (κ2) is 30.5. The topological polar surface area (TPSA) is 197 Å². The lowest BCUT2D eigenvalue weighted by molar-refractivity contribution is -0.161. The highest BCUT2D eigenvalue weighted by Gasteiger charge is 2.41. The van der Waals surface area contributed by atoms with E-state index in [4.69, 9.17) is 19.3 Å². The summed E-state index contributed by atoms with van der Waals surface area (Å²) in [5.74, 6) is -2.15. The Morgan fingerprint density at radius 1 is 0.698 bits per heavy atom. The van der Waals surface area contributed by atoms with Crippen LogP contribution in [0, 0.1) is 11.8 Å². The molecule has 0 heterocycles. The Kier molecular flexibility index (Phi) is 28.4. The van der Waals surface area contributed by atoms with Crippen LogP contribution in [-0.2, 0) is 32.9 Å². The highest BCUT2D eigenvalue weighted by molar-refractivity contribution is 7.46. The number of carbonyl (C=O) groups excluding carboxylic acids is 3. The van der Waals surface area contributed by atoms with Crippen molar-refractivity contribution in [1.29, 1.82) is 0 Å². The van der Waals surface area contributed by atoms with Crippen molar-refractivity contribution in [2.45, 2.75) is 199 Å². The summed E-state index contributed by atoms with van der Waals surface area (Å²) in [6.45, 7) is 3.26. The van der Waals surface area contributed by atoms with E-state index in [1.165, 1.54) is 64.2 Å². The maximum Gasteiger partial charge on any atom is 0.469 e. The number of aliphatic hydroxyl groups is 3. The Bertz CT molecular complexity index is 1050. The molecule has 0 saturated heterocycles. The Morgan fingerprint density at radius 2 is 1.21 bits per heavy atom. The van der Waals surface area contributed by atoms with Gasteiger partial charge in [-0.15, -0.1) is 0 Å². The molecule has 53 heavy (non-hydrogen) atoms. The molecular weight excluding hydrogens is 703 g/mol. The van der Waals surface area contributed by atoms with E-state index in [1.807, 2.05) is 0 Å². The van der Waals surface area contributed by atoms with Crippen LogP contribution in [0.1, 0.15) is 174 Å². The zero-order chi connectivity index (χ0) is 39.3. The fraction of sp³-hybridized carbons (Fsp3) is 0.875. The van der Waals surface area contributed by atoms with E-state index < -0.39 is 69.2 Å². The maximum absolute atomic E-state index is 12.7. The first-order valence-corrected chi connectivity index (χ1v) is 22.2. The number of ether oxygens (including phenoxy) is 2. The van der Waals surface area contributed by atoms with Crippen LogP contribution in [0.4, 0.5) is 0 Å². The molecule has 1 aliphatic rings. The van der Waals surface area contributed by atoms with Crippen molar-refractivity contribution in [3.05, 3.63) is 12.2 Å². The van der Waals surface area contributed by atoms with Crippen LogP contribution in [0.2, 0.25) is 0 Å². The molecule has 0 aliphatic heterocycles. The predicted octanol–water partition coefficient (Wildman–Crippen LogP) is 7.80. The molecule has 0 aromatic heterocycles. The molecule has 1 fully saturated rings. The lowest BCUT2D eigenvalue weighted by atomic mass is 9.87. The average Bonchev–Trinajstić information content (AvgIpc) is 3.37. The van der Waals surface area contributed by atoms with E-state index in [2.05, 4.69) is 18.4 Å². The van der Waals surface area contributed by atoms with Gasteiger partial charge in [0.25, 0.3) is 0 Å². The van der Waals surface area contributed by atoms with Crippen LogP contribution < -0.4 is 0 Å². The van der Waals surface area contributed by atoms with Crippen molar-refractivity contribution >= 4 is 25.5 Å². The highest BCUT2D eigenvalue weighted by atomic mass is 31.2. The molecule has 0 aromatic carbocycles. The summed E-state index contributed by atoms with van der Waals surface area (Å²) < 4.78 is 26.3. The van der Waals surface area contributed by atoms with E-state index in [-0.39, 0.29) is 37.9 Å². The molecule has 5 N–H and O–H groups in total. The lowest BCUT2D eigenvalue weighted by Crippen LogP contribution is -2.29. The number of rotatable bonds is 34. The van der Waals surface area contributed by atoms with Gasteiger partial charge in [0.2, 0.25) is 0 Å². The van der Waals surface area contributed by atoms with Gasteiger partial charge in [-0.05, 0) is 25.7 Å². The molecule has 0 bridgehead atoms. The Balaban J connectivity index is 2.32. The molecule has 0 spiro atoms. The summed E-state index contributed by atoms with van der Waals surface area (Å²) in [5, 5.41) is 31.1. The number of hydrogen-bond donors (Lipinski definition) is 5. The summed E-state index contributed by atoms with van der Waals surface area (Å²) >= 11 is 0. The molecule has 12 nitrogen and oxygen atoms in total. The van der Waals surface area contributed by atoms with Crippen LogP contribution in [0.25, 0.3) is 0 Å². The van der Waals surface area contributed by atoms with Crippen LogP contribution in [-0.4, -0.2) is 80.5 Å². The number of phosphoric ester groups is 1. The second-order valence-electron chi connectivity index (χ2n) is 14.9. The fourth-order valence-corrected chi connectivity index (χ4v) is 7.20. The zero-order valence-corrected chi connectivity index (χ0v) is 33.6. The summed E-state index contributed by atoms with van der Waals surface area (Å²) in [6.07, 6.45) is 21.4. The first-order chi connectivity index (χ1) is 25.4. The number of carbonyl (C=O) groups is 3. The number of phosphoric acid groups is 1. The van der Waals surface area contributed by atoms with E-state index in [1.54, 1.807) is 12.2 Å². The summed E-state index contributed by atoms with van der Waals surface area (Å²) in [6, 6.07) is 0. The maximum atomic E-state index is 12.7. The van der Waals surface area contributed by atoms with Crippen molar-refractivity contribution in [3.63, 3.8) is 0 Å². The molecule has 1 rings (SSSR count). The molecule has 0 unspecified atom stereocenters. The minimum atomic E-state index is -4.84. The third-order valence-corrected chi connectivity index (χ3v) is 10.5. The summed E-state index contributed by atoms with van der Waals surface area (Å²) in [4.78, 5) is 55.7. The molecule has 6 atom stereocenters. The minimum absolute atomic E-state index is 0.0155. The molecule has 0 aromatic rings. The van der Waals surface area contributed by atoms with E-state index in [9.17, 15) is 34.3 Å². The van der Waals surface area contributed by atoms with Gasteiger partial charge in [0.1, 0.15) is 12.4 Å². The van der Waals surface area contributed by atoms with Crippen molar-refractivity contribution < 1.29 is 58.1 Å². The van der Waals surface area contributed by atoms with E-state index in [0.717, 1.165) is 38.5 Å². The predicted molar refractivity (Wildman–Crippen MR) is 205 cm³/mol. The molecule has 310 valence electrons. The van der Waals surface area contributed by atoms with Gasteiger partial charge >= 0.3 is 19.8 Å². The number of esters is 2. The van der Waals surface area contributed by atoms with Gasteiger partial charge in [0, 0.05) is 43.9 Å². The van der Waals surface area contributed by atoms with Gasteiger partial charge < -0.3 is 34.6 Å². The molecule has 0 radical (unpaired) electrons. The number of aliphatic hydroxyl groups excluding tert-OH is 3. The molecular formula is C40H73O12P. The van der Waals surface area contributed by atoms with E-state index in [0.29, 0.717) is 25.7 Å². The summed E-state index contributed by atoms with van der Waals surface area (Å²) in [5.41, 5.74) is 0. The average molecular weight is 777 g/mol. The van der Waals surface area contributed by atoms with Gasteiger partial charge in [-0.3, -0.25) is 18.9 Å². The van der Waals surface area contributed by atoms with Crippen LogP contribution in [0.3, 0.4) is 0 Å². The normalized spacial score (nSPS) is 20.1. The highest BCUT2D eigenvalue weighted by Crippen LogP contribution is 2.37. The minimum Gasteiger partial charge on any atom is -0.462 e. The number of unbranched alkanes of at least 4 members (excludes halogenated alkanes) is 16. The van der Waals surface area contributed by atoms with Crippen LogP contribution in [0.15, 0.2) is 12.2 Å². The Labute approximate surface area is 319 Å². The summed E-state index contributed by atoms with van der Waals surface area (Å²) in [7, 11) is -4.84. The van der Waals surface area contributed by atoms with Crippen molar-refractivity contribution in [3.8, 4) is 0 Å². The standard InChI is InChI=1S/C40H73O12P/c1-3-5-7-8-9-10-11-12-13-14-15-16-17-19-25-40(46)52-34(31-51-53(47,48)49)30-50-39(45)24-21-20-23-33(42)28-36-35(37(43)29-38(36)44)27-26-32(41)22-18-6-4-2/h26-27,32,34-38,41,43-44H,3-25,28-31H2,1-2H3,(H2,47,48,49)/b27-26+/t32-,34+,35+,36+,37+,38-/m0/s1. The molecule has 1 aliphatic carbocycles. The Morgan fingerprint density at radius 3 is 1.79 bits per heavy atom. The quantitative estimate of drug-likeness (QED) is 0.0184. The van der Waals surface area contributed by atoms with Gasteiger partial charge in [-0.2, -0.15) is 0 Å². The third-order valence-electron chi connectivity index (χ3n) is 10.0. The van der Waals surface area contributed by atoms with Crippen LogP contribution in [0.5, 0.6) is 0 Å². The first-order valence-electron chi connectivity index (χ1n) is 20.7.